The minimum absolute atomic E-state index is 0.0946. The number of carbonyl (C=O) groups is 1. The fraction of sp³-hybridized carbons (Fsp3) is 0.375. The molecule has 0 spiro atoms. The summed E-state index contributed by atoms with van der Waals surface area (Å²) in [5, 5.41) is 11.3. The summed E-state index contributed by atoms with van der Waals surface area (Å²) in [7, 11) is 0. The molecule has 4 heteroatoms. The molecule has 2 aromatic rings. The van der Waals surface area contributed by atoms with Crippen molar-refractivity contribution in [3.63, 3.8) is 0 Å². The van der Waals surface area contributed by atoms with Crippen LogP contribution in [0.1, 0.15) is 31.9 Å². The zero-order valence-corrected chi connectivity index (χ0v) is 11.9. The number of nitrogens with zero attached hydrogens (tertiary/aromatic N) is 2. The third-order valence-corrected chi connectivity index (χ3v) is 3.68. The second-order valence-corrected chi connectivity index (χ2v) is 4.78. The topological polar surface area (TPSA) is 53.4 Å². The smallest absolute Gasteiger partial charge is 0.305 e. The Morgan fingerprint density at radius 3 is 2.60 bits per heavy atom. The number of rotatable bonds is 6. The first-order valence-electron chi connectivity index (χ1n) is 6.95. The summed E-state index contributed by atoms with van der Waals surface area (Å²) in [6.45, 7) is 5.74. The normalized spacial score (nSPS) is 12.8. The average Bonchev–Trinajstić information content (AvgIpc) is 2.46. The highest BCUT2D eigenvalue weighted by molar-refractivity contribution is 5.85. The van der Waals surface area contributed by atoms with Crippen LogP contribution in [0.3, 0.4) is 0 Å². The molecular formula is C16H20N2O2. The number of hydrogen-bond acceptors (Lipinski definition) is 3. The molecule has 0 amide bonds. The summed E-state index contributed by atoms with van der Waals surface area (Å²) < 4.78 is 0. The molecule has 4 nitrogen and oxygen atoms in total. The van der Waals surface area contributed by atoms with Crippen LogP contribution >= 0.6 is 0 Å². The van der Waals surface area contributed by atoms with Crippen molar-refractivity contribution >= 4 is 16.7 Å². The Bertz CT molecular complexity index is 589. The average molecular weight is 272 g/mol. The highest BCUT2D eigenvalue weighted by Gasteiger charge is 2.23. The molecule has 0 fully saturated rings. The maximum atomic E-state index is 11.2. The van der Waals surface area contributed by atoms with Crippen LogP contribution in [-0.2, 0) is 4.79 Å². The molecule has 0 aliphatic rings. The molecule has 1 aromatic carbocycles. The molecule has 1 heterocycles. The van der Waals surface area contributed by atoms with Crippen LogP contribution in [0, 0.1) is 0 Å². The number of aromatic nitrogens is 1. The number of aliphatic carboxylic acids is 1. The summed E-state index contributed by atoms with van der Waals surface area (Å²) in [5.74, 6) is -0.783. The molecule has 1 unspecified atom stereocenters. The highest BCUT2D eigenvalue weighted by Crippen LogP contribution is 2.29. The van der Waals surface area contributed by atoms with E-state index in [1.807, 2.05) is 30.5 Å². The first-order chi connectivity index (χ1) is 9.67. The van der Waals surface area contributed by atoms with Gasteiger partial charge >= 0.3 is 5.97 Å². The van der Waals surface area contributed by atoms with Gasteiger partial charge in [0.2, 0.25) is 0 Å². The number of fused-ring (bicyclic) bond motifs is 1. The van der Waals surface area contributed by atoms with Crippen LogP contribution in [-0.4, -0.2) is 34.0 Å². The molecule has 20 heavy (non-hydrogen) atoms. The molecule has 0 saturated heterocycles. The molecule has 0 radical (unpaired) electrons. The molecule has 0 aliphatic heterocycles. The van der Waals surface area contributed by atoms with E-state index in [0.29, 0.717) is 0 Å². The third-order valence-electron chi connectivity index (χ3n) is 3.68. The zero-order valence-electron chi connectivity index (χ0n) is 11.9. The molecule has 2 rings (SSSR count). The third kappa shape index (κ3) is 2.96. The number of carboxylic acid groups (broad SMARTS) is 1. The second-order valence-electron chi connectivity index (χ2n) is 4.78. The van der Waals surface area contributed by atoms with Crippen molar-refractivity contribution in [2.45, 2.75) is 26.3 Å². The fourth-order valence-corrected chi connectivity index (χ4v) is 2.67. The van der Waals surface area contributed by atoms with E-state index in [2.05, 4.69) is 23.7 Å². The maximum Gasteiger partial charge on any atom is 0.305 e. The first kappa shape index (κ1) is 14.5. The number of hydrogen-bond donors (Lipinski definition) is 1. The van der Waals surface area contributed by atoms with Crippen LogP contribution < -0.4 is 0 Å². The van der Waals surface area contributed by atoms with Gasteiger partial charge in [-0.25, -0.2) is 0 Å². The van der Waals surface area contributed by atoms with Gasteiger partial charge < -0.3 is 5.11 Å². The minimum Gasteiger partial charge on any atom is -0.481 e. The van der Waals surface area contributed by atoms with Gasteiger partial charge in [0.15, 0.2) is 0 Å². The van der Waals surface area contributed by atoms with Crippen molar-refractivity contribution in [3.05, 3.63) is 42.2 Å². The van der Waals surface area contributed by atoms with E-state index >= 15 is 0 Å². The summed E-state index contributed by atoms with van der Waals surface area (Å²) in [6.07, 6.45) is 3.71. The van der Waals surface area contributed by atoms with E-state index in [4.69, 9.17) is 0 Å². The predicted octanol–water partition coefficient (Wildman–Crippen LogP) is 3.09. The zero-order chi connectivity index (χ0) is 14.5. The highest BCUT2D eigenvalue weighted by atomic mass is 16.4. The van der Waals surface area contributed by atoms with Crippen LogP contribution in [0.25, 0.3) is 10.8 Å². The van der Waals surface area contributed by atoms with E-state index < -0.39 is 5.97 Å². The Kier molecular flexibility index (Phi) is 4.69. The van der Waals surface area contributed by atoms with E-state index in [1.54, 1.807) is 6.20 Å². The minimum atomic E-state index is -0.783. The Labute approximate surface area is 119 Å². The van der Waals surface area contributed by atoms with Crippen molar-refractivity contribution < 1.29 is 9.90 Å². The molecular weight excluding hydrogens is 252 g/mol. The summed E-state index contributed by atoms with van der Waals surface area (Å²) in [4.78, 5) is 17.6. The molecule has 1 N–H and O–H groups in total. The van der Waals surface area contributed by atoms with Gasteiger partial charge in [0, 0.05) is 23.8 Å². The van der Waals surface area contributed by atoms with E-state index in [0.717, 1.165) is 29.4 Å². The van der Waals surface area contributed by atoms with Crippen molar-refractivity contribution in [3.8, 4) is 0 Å². The van der Waals surface area contributed by atoms with Gasteiger partial charge in [0.05, 0.1) is 6.42 Å². The van der Waals surface area contributed by atoms with Gasteiger partial charge in [-0.05, 0) is 24.0 Å². The monoisotopic (exact) mass is 272 g/mol. The Hall–Kier alpha value is -1.94. The van der Waals surface area contributed by atoms with Crippen molar-refractivity contribution in [2.75, 3.05) is 13.1 Å². The molecule has 0 bridgehead atoms. The first-order valence-corrected chi connectivity index (χ1v) is 6.95. The summed E-state index contributed by atoms with van der Waals surface area (Å²) in [6, 6.07) is 7.85. The number of carboxylic acids is 1. The molecule has 1 aromatic heterocycles. The van der Waals surface area contributed by atoms with Crippen LogP contribution in [0.4, 0.5) is 0 Å². The summed E-state index contributed by atoms with van der Waals surface area (Å²) in [5.41, 5.74) is 0.995. The van der Waals surface area contributed by atoms with E-state index in [1.165, 1.54) is 0 Å². The van der Waals surface area contributed by atoms with Crippen LogP contribution in [0.5, 0.6) is 0 Å². The lowest BCUT2D eigenvalue weighted by atomic mass is 9.98. The lowest BCUT2D eigenvalue weighted by Crippen LogP contribution is -2.30. The lowest BCUT2D eigenvalue weighted by Gasteiger charge is -2.29. The fourth-order valence-electron chi connectivity index (χ4n) is 2.67. The van der Waals surface area contributed by atoms with Crippen molar-refractivity contribution in [1.29, 1.82) is 0 Å². The lowest BCUT2D eigenvalue weighted by molar-refractivity contribution is -0.138. The van der Waals surface area contributed by atoms with Crippen molar-refractivity contribution in [2.24, 2.45) is 0 Å². The van der Waals surface area contributed by atoms with Gasteiger partial charge in [-0.15, -0.1) is 0 Å². The number of pyridine rings is 1. The van der Waals surface area contributed by atoms with Gasteiger partial charge in [0.1, 0.15) is 0 Å². The SMILES string of the molecule is CCN(CC)C(CC(=O)O)c1cncc2ccccc12. The predicted molar refractivity (Wildman–Crippen MR) is 79.7 cm³/mol. The number of benzene rings is 1. The molecule has 106 valence electrons. The van der Waals surface area contributed by atoms with E-state index in [9.17, 15) is 9.90 Å². The second kappa shape index (κ2) is 6.48. The largest absolute Gasteiger partial charge is 0.481 e. The van der Waals surface area contributed by atoms with Gasteiger partial charge in [-0.2, -0.15) is 0 Å². The van der Waals surface area contributed by atoms with E-state index in [-0.39, 0.29) is 12.5 Å². The van der Waals surface area contributed by atoms with Gasteiger partial charge in [0.25, 0.3) is 0 Å². The molecule has 0 aliphatic carbocycles. The maximum absolute atomic E-state index is 11.2. The Morgan fingerprint density at radius 1 is 1.25 bits per heavy atom. The molecule has 0 saturated carbocycles. The Morgan fingerprint density at radius 2 is 1.95 bits per heavy atom. The van der Waals surface area contributed by atoms with Crippen LogP contribution in [0.15, 0.2) is 36.7 Å². The van der Waals surface area contributed by atoms with Gasteiger partial charge in [-0.3, -0.25) is 14.7 Å². The standard InChI is InChI=1S/C16H20N2O2/c1-3-18(4-2)15(9-16(19)20)14-11-17-10-12-7-5-6-8-13(12)14/h5-8,10-11,15H,3-4,9H2,1-2H3,(H,19,20). The Balaban J connectivity index is 2.52. The van der Waals surface area contributed by atoms with Gasteiger partial charge in [-0.1, -0.05) is 38.1 Å². The molecule has 1 atom stereocenters. The van der Waals surface area contributed by atoms with Crippen molar-refractivity contribution in [1.82, 2.24) is 9.88 Å². The summed E-state index contributed by atoms with van der Waals surface area (Å²) >= 11 is 0. The van der Waals surface area contributed by atoms with Crippen LogP contribution in [0.2, 0.25) is 0 Å². The quantitative estimate of drug-likeness (QED) is 0.878.